The van der Waals surface area contributed by atoms with Gasteiger partial charge in [0.05, 0.1) is 74.8 Å². The van der Waals surface area contributed by atoms with E-state index in [0.29, 0.717) is 17.4 Å². The molecule has 0 spiro atoms. The lowest BCUT2D eigenvalue weighted by Crippen LogP contribution is -2.29. The van der Waals surface area contributed by atoms with Gasteiger partial charge in [-0.15, -0.1) is 11.3 Å². The van der Waals surface area contributed by atoms with Crippen molar-refractivity contribution in [1.82, 2.24) is 26.9 Å². The summed E-state index contributed by atoms with van der Waals surface area (Å²) in [7, 11) is 12.7. The average Bonchev–Trinajstić information content (AvgIpc) is 1.35. The molecule has 12 aromatic heterocycles. The van der Waals surface area contributed by atoms with E-state index in [1.807, 2.05) is 55.0 Å². The molecule has 0 amide bonds. The molecule has 15 aromatic carbocycles. The van der Waals surface area contributed by atoms with Gasteiger partial charge in [0.2, 0.25) is 0 Å². The number of hydrogen-bond donors (Lipinski definition) is 0. The van der Waals surface area contributed by atoms with E-state index in [0.717, 1.165) is 32.9 Å². The minimum atomic E-state index is -2.14. The molecule has 0 unspecified atom stereocenters. The third-order valence-corrected chi connectivity index (χ3v) is 30.7. The lowest BCUT2D eigenvalue weighted by Gasteiger charge is -2.19. The monoisotopic (exact) mass is 1870 g/mol. The van der Waals surface area contributed by atoms with Gasteiger partial charge in [0.25, 0.3) is 34.1 Å². The largest absolute Gasteiger partial charge is 0.295 e. The predicted molar refractivity (Wildman–Crippen MR) is 595 cm³/mol. The van der Waals surface area contributed by atoms with E-state index in [4.69, 9.17) is 4.11 Å². The molecule has 0 saturated carbocycles. The molecule has 0 aliphatic rings. The van der Waals surface area contributed by atoms with Crippen LogP contribution >= 0.6 is 11.3 Å². The number of hydrogen-bond acceptors (Lipinski definition) is 1. The lowest BCUT2D eigenvalue weighted by molar-refractivity contribution is -0.659. The third-order valence-electron chi connectivity index (χ3n) is 29.5. The summed E-state index contributed by atoms with van der Waals surface area (Å²) in [5.74, 6) is 2.06. The normalized spacial score (nSPS) is 12.2. The zero-order valence-electron chi connectivity index (χ0n) is 87.1. The molecule has 0 aliphatic carbocycles. The molecule has 0 bridgehead atoms. The van der Waals surface area contributed by atoms with Crippen LogP contribution in [0.5, 0.6) is 0 Å². The molecule has 12 nitrogen and oxygen atoms in total. The number of thiophene rings is 1. The highest BCUT2D eigenvalue weighted by molar-refractivity contribution is 7.26. The highest BCUT2D eigenvalue weighted by Crippen LogP contribution is 2.47. The first-order valence-corrected chi connectivity index (χ1v) is 50.2. The number of aromatic nitrogens is 12. The van der Waals surface area contributed by atoms with Crippen molar-refractivity contribution >= 4 is 168 Å². The number of para-hydroxylation sites is 2. The summed E-state index contributed by atoms with van der Waals surface area (Å²) in [6.07, 6.45) is 21.5. The van der Waals surface area contributed by atoms with Gasteiger partial charge in [0.1, 0.15) is 95.2 Å². The molecule has 0 radical (unpaired) electrons. The Morgan fingerprint density at radius 1 is 0.296 bits per heavy atom. The van der Waals surface area contributed by atoms with Crippen LogP contribution in [0.25, 0.3) is 196 Å². The maximum Gasteiger partial charge on any atom is 0.295 e. The van der Waals surface area contributed by atoms with Crippen molar-refractivity contribution < 1.29 is 31.2 Å². The molecule has 696 valence electrons. The Morgan fingerprint density at radius 3 is 1.19 bits per heavy atom. The minimum Gasteiger partial charge on any atom is -0.232 e. The minimum absolute atomic E-state index is 0.406. The Labute approximate surface area is 836 Å². The van der Waals surface area contributed by atoms with Crippen LogP contribution in [0.1, 0.15) is 105 Å². The fourth-order valence-electron chi connectivity index (χ4n) is 22.8. The molecule has 0 aliphatic heterocycles. The second-order valence-corrected chi connectivity index (χ2v) is 40.2. The summed E-state index contributed by atoms with van der Waals surface area (Å²) >= 11 is 1.94. The lowest BCUT2D eigenvalue weighted by atomic mass is 9.90. The highest BCUT2D eigenvalue weighted by atomic mass is 32.1. The number of rotatable bonds is 6. The van der Waals surface area contributed by atoms with Crippen LogP contribution in [-0.4, -0.2) is 26.9 Å². The second kappa shape index (κ2) is 36.5. The maximum absolute atomic E-state index is 7.92. The summed E-state index contributed by atoms with van der Waals surface area (Å²) in [5.41, 5.74) is 33.2. The first kappa shape index (κ1) is 87.3. The van der Waals surface area contributed by atoms with Crippen LogP contribution in [-0.2, 0) is 42.3 Å². The predicted octanol–water partition coefficient (Wildman–Crippen LogP) is 29.0. The molecule has 0 saturated heterocycles. The molecule has 27 aromatic rings. The van der Waals surface area contributed by atoms with E-state index in [-0.39, 0.29) is 0 Å². The Morgan fingerprint density at radius 2 is 0.662 bits per heavy atom. The molecular weight excluding hydrogens is 1750 g/mol. The molecule has 13 heteroatoms. The van der Waals surface area contributed by atoms with Crippen molar-refractivity contribution in [2.24, 2.45) is 42.3 Å². The molecule has 0 atom stereocenters. The first-order valence-electron chi connectivity index (χ1n) is 50.9. The van der Waals surface area contributed by atoms with Crippen LogP contribution < -0.4 is 27.1 Å². The zero-order chi connectivity index (χ0) is 101. The number of nitrogens with zero attached hydrogens (tertiary/aromatic N) is 12. The van der Waals surface area contributed by atoms with Crippen LogP contribution in [0.4, 0.5) is 0 Å². The second-order valence-electron chi connectivity index (χ2n) is 39.2. The molecule has 12 heterocycles. The summed E-state index contributed by atoms with van der Waals surface area (Å²) in [4.78, 5) is 0. The van der Waals surface area contributed by atoms with Gasteiger partial charge in [-0.25, -0.2) is 27.4 Å². The third kappa shape index (κ3) is 15.1. The Kier molecular flexibility index (Phi) is 22.5. The zero-order valence-corrected chi connectivity index (χ0v) is 85.0. The number of aryl methyl sites for hydroxylation is 15. The van der Waals surface area contributed by atoms with E-state index in [1.54, 1.807) is 6.07 Å². The fraction of sp³-hybridized carbons (Fsp3) is 0.163. The quantitative estimate of drug-likeness (QED) is 0.118. The highest BCUT2D eigenvalue weighted by Gasteiger charge is 2.33. The van der Waals surface area contributed by atoms with Gasteiger partial charge in [-0.2, -0.15) is 26.6 Å². The van der Waals surface area contributed by atoms with Crippen molar-refractivity contribution in [2.75, 3.05) is 0 Å². The van der Waals surface area contributed by atoms with Crippen molar-refractivity contribution in [1.29, 1.82) is 0 Å². The summed E-state index contributed by atoms with van der Waals surface area (Å²) < 4.78 is 53.7. The van der Waals surface area contributed by atoms with Gasteiger partial charge in [-0.1, -0.05) is 289 Å². The molecule has 27 rings (SSSR count). The Hall–Kier alpha value is -16.2. The van der Waals surface area contributed by atoms with Crippen LogP contribution in [0.3, 0.4) is 0 Å². The number of imidazole rings is 6. The van der Waals surface area contributed by atoms with Gasteiger partial charge in [-0.05, 0) is 173 Å². The van der Waals surface area contributed by atoms with Gasteiger partial charge in [-0.3, -0.25) is 0 Å². The standard InChI is InChI=1S/C29H31N2S.C24H21N2.C23H19N2.2C18H17N2.C17H15N2/c1-18(2)23-17-24-22-13-9-10-14-25(22)32-28(24)26(19(3)4)27(23)31-16-15-30(6)29(31)21-12-8-7-11-20(21)5;1-16-10-8-14-20-22(16)19-13-7-9-17(2)23(19)24-25(3)21(15-26(20)24)18-11-5-4-6-12-18;1-16-9-8-13-19-18-12-6-7-14-20(18)25-15-21(17-10-4-3-5-11-17)24(2)23(25)22(16)19;2*1-12-7-5-9-15-16(12)14-8-4-6-13(2)17(14)18-19(3)10-11-20(15)18;1-12-6-5-8-14-13-7-3-4-9-15(13)19-11-10-18(2)17(19)16(12)14/h7-19H,1-6H3;4-15H,1-3H3;3-15H,1-2H3;2*4-11H,1-3H3;3-11H,1-2H3/q6*+1/i;;;1D3;;. The van der Waals surface area contributed by atoms with E-state index in [9.17, 15) is 0 Å². The molecule has 142 heavy (non-hydrogen) atoms. The molecule has 0 N–H and O–H groups in total. The molecule has 0 fully saturated rings. The van der Waals surface area contributed by atoms with Crippen LogP contribution in [0.2, 0.25) is 0 Å². The van der Waals surface area contributed by atoms with E-state index in [2.05, 4.69) is 501 Å². The van der Waals surface area contributed by atoms with Crippen molar-refractivity contribution in [3.8, 4) is 39.6 Å². The van der Waals surface area contributed by atoms with Crippen LogP contribution in [0.15, 0.2) is 371 Å². The maximum atomic E-state index is 7.92. The summed E-state index contributed by atoms with van der Waals surface area (Å²) in [6, 6.07) is 110. The Bertz CT molecular complexity index is 9890. The first-order chi connectivity index (χ1) is 70.1. The van der Waals surface area contributed by atoms with Crippen molar-refractivity contribution in [2.45, 2.75) is 102 Å². The van der Waals surface area contributed by atoms with Gasteiger partial charge in [0, 0.05) is 100 Å². The smallest absolute Gasteiger partial charge is 0.232 e. The Balaban J connectivity index is 0.0000000999. The molecular formula is C129H120N12S+6. The van der Waals surface area contributed by atoms with Gasteiger partial charge in [0.15, 0.2) is 11.4 Å². The van der Waals surface area contributed by atoms with Crippen molar-refractivity contribution in [3.63, 3.8) is 0 Å². The fourth-order valence-corrected chi connectivity index (χ4v) is 24.2. The summed E-state index contributed by atoms with van der Waals surface area (Å²) in [6.45, 7) is 24.6. The van der Waals surface area contributed by atoms with Gasteiger partial charge >= 0.3 is 0 Å². The number of benzene rings is 15. The van der Waals surface area contributed by atoms with Crippen LogP contribution in [0, 0.1) is 62.2 Å². The van der Waals surface area contributed by atoms with E-state index < -0.39 is 6.85 Å². The summed E-state index contributed by atoms with van der Waals surface area (Å²) in [5, 5.41) is 21.7. The SMILES string of the molecule is Cc1cccc2c1c1cccc(C)c1c1n(C)c(-c3ccccc3)c[n+]21.Cc1cccc2c1c1cccc(C)c1c1n2cc[n+]1C.Cc1cccc2c3ccccc3[n+]3cc(-c4ccccc4)n(C)c3c12.Cc1cccc2c3ccccc3n3cc[n+](C)c3c12.Cc1ccccc1-c1n(-c2c(C(C)C)cc3c(sc4ccccc43)c2C(C)C)cc[n+]1C.[2H]C([2H])([2H])c1cccc2c1c1cccc(C)c1c1n2cc[n+]1C. The van der Waals surface area contributed by atoms with Gasteiger partial charge < -0.3 is 0 Å². The van der Waals surface area contributed by atoms with Crippen molar-refractivity contribution in [3.05, 3.63) is 433 Å². The van der Waals surface area contributed by atoms with E-state index >= 15 is 0 Å². The number of fused-ring (bicyclic) bond motifs is 33. The average molecular weight is 1870 g/mol. The topological polar surface area (TPSA) is 51.7 Å². The van der Waals surface area contributed by atoms with E-state index in [1.165, 1.54) is 219 Å². The number of pyridine rings is 5.